The number of hydrogen-bond acceptors (Lipinski definition) is 1. The third-order valence-corrected chi connectivity index (χ3v) is 4.84. The lowest BCUT2D eigenvalue weighted by Gasteiger charge is -2.19. The Morgan fingerprint density at radius 2 is 1.73 bits per heavy atom. The number of carbonyl (C=O) groups excluding carboxylic acids is 1. The summed E-state index contributed by atoms with van der Waals surface area (Å²) in [7, 11) is 0. The lowest BCUT2D eigenvalue weighted by molar-refractivity contribution is 0.0885. The molecule has 3 heteroatoms. The van der Waals surface area contributed by atoms with E-state index in [9.17, 15) is 9.18 Å². The molecule has 0 saturated heterocycles. The zero-order valence-electron chi connectivity index (χ0n) is 12.4. The molecular weight excluding hydrogens is 277 g/mol. The summed E-state index contributed by atoms with van der Waals surface area (Å²) < 4.78 is 14.2. The van der Waals surface area contributed by atoms with Crippen LogP contribution < -0.4 is 0 Å². The van der Waals surface area contributed by atoms with E-state index in [0.717, 1.165) is 36.5 Å². The topological polar surface area (TPSA) is 32.9 Å². The normalized spacial score (nSPS) is 16.4. The number of carbonyl (C=O) groups is 1. The van der Waals surface area contributed by atoms with Crippen LogP contribution in [0.4, 0.5) is 4.39 Å². The minimum atomic E-state index is -0.249. The predicted molar refractivity (Wildman–Crippen MR) is 86.7 cm³/mol. The van der Waals surface area contributed by atoms with E-state index in [1.54, 1.807) is 6.07 Å². The Morgan fingerprint density at radius 1 is 1.00 bits per heavy atom. The first-order valence-corrected chi connectivity index (χ1v) is 7.98. The summed E-state index contributed by atoms with van der Waals surface area (Å²) in [6, 6.07) is 10.8. The van der Waals surface area contributed by atoms with Crippen LogP contribution in [-0.4, -0.2) is 10.8 Å². The third-order valence-electron chi connectivity index (χ3n) is 4.84. The van der Waals surface area contributed by atoms with Gasteiger partial charge in [-0.3, -0.25) is 4.79 Å². The zero-order valence-corrected chi connectivity index (χ0v) is 12.4. The molecule has 1 N–H and O–H groups in total. The van der Waals surface area contributed by atoms with E-state index in [1.807, 2.05) is 24.3 Å². The number of halogens is 1. The Labute approximate surface area is 128 Å². The molecule has 1 heterocycles. The van der Waals surface area contributed by atoms with Crippen LogP contribution in [0.25, 0.3) is 21.7 Å². The van der Waals surface area contributed by atoms with Crippen molar-refractivity contribution < 1.29 is 9.18 Å². The number of fused-ring (bicyclic) bond motifs is 3. The highest BCUT2D eigenvalue weighted by atomic mass is 19.1. The molecule has 0 aliphatic heterocycles. The van der Waals surface area contributed by atoms with Crippen LogP contribution in [0.15, 0.2) is 36.4 Å². The molecule has 1 fully saturated rings. The minimum Gasteiger partial charge on any atom is -0.352 e. The van der Waals surface area contributed by atoms with E-state index in [1.165, 1.54) is 12.5 Å². The number of benzene rings is 2. The number of H-pyrrole nitrogens is 1. The molecule has 0 unspecified atom stereocenters. The van der Waals surface area contributed by atoms with Gasteiger partial charge in [-0.15, -0.1) is 0 Å². The van der Waals surface area contributed by atoms with Crippen molar-refractivity contribution in [2.24, 2.45) is 5.92 Å². The van der Waals surface area contributed by atoms with Gasteiger partial charge in [-0.1, -0.05) is 43.5 Å². The summed E-state index contributed by atoms with van der Waals surface area (Å²) in [4.78, 5) is 15.8. The fraction of sp³-hybridized carbons (Fsp3) is 0.316. The van der Waals surface area contributed by atoms with Crippen LogP contribution in [0.2, 0.25) is 0 Å². The molecule has 0 atom stereocenters. The molecule has 1 aliphatic rings. The van der Waals surface area contributed by atoms with Gasteiger partial charge in [-0.05, 0) is 30.4 Å². The van der Waals surface area contributed by atoms with E-state index in [2.05, 4.69) is 4.98 Å². The highest BCUT2D eigenvalue weighted by Gasteiger charge is 2.24. The van der Waals surface area contributed by atoms with Gasteiger partial charge in [0, 0.05) is 22.2 Å². The van der Waals surface area contributed by atoms with E-state index >= 15 is 0 Å². The van der Waals surface area contributed by atoms with Crippen LogP contribution in [0.5, 0.6) is 0 Å². The van der Waals surface area contributed by atoms with E-state index < -0.39 is 0 Å². The first-order valence-electron chi connectivity index (χ1n) is 7.98. The molecule has 0 amide bonds. The number of aromatic amines is 1. The van der Waals surface area contributed by atoms with Gasteiger partial charge in [0.25, 0.3) is 0 Å². The maximum Gasteiger partial charge on any atom is 0.182 e. The molecule has 0 radical (unpaired) electrons. The average molecular weight is 295 g/mol. The molecule has 1 aromatic heterocycles. The molecule has 3 aromatic rings. The van der Waals surface area contributed by atoms with Gasteiger partial charge in [0.2, 0.25) is 0 Å². The summed E-state index contributed by atoms with van der Waals surface area (Å²) >= 11 is 0. The van der Waals surface area contributed by atoms with Gasteiger partial charge in [0.1, 0.15) is 5.82 Å². The van der Waals surface area contributed by atoms with Gasteiger partial charge in [0.15, 0.2) is 5.78 Å². The van der Waals surface area contributed by atoms with Crippen molar-refractivity contribution in [1.82, 2.24) is 4.98 Å². The lowest BCUT2D eigenvalue weighted by atomic mass is 9.85. The largest absolute Gasteiger partial charge is 0.352 e. The Balaban J connectivity index is 1.83. The Morgan fingerprint density at radius 3 is 2.50 bits per heavy atom. The van der Waals surface area contributed by atoms with E-state index in [4.69, 9.17) is 0 Å². The van der Waals surface area contributed by atoms with E-state index in [0.29, 0.717) is 16.6 Å². The summed E-state index contributed by atoms with van der Waals surface area (Å²) in [6.45, 7) is 0. The van der Waals surface area contributed by atoms with Crippen molar-refractivity contribution in [1.29, 1.82) is 0 Å². The van der Waals surface area contributed by atoms with Crippen LogP contribution >= 0.6 is 0 Å². The molecule has 1 aliphatic carbocycles. The molecule has 0 spiro atoms. The van der Waals surface area contributed by atoms with Crippen LogP contribution in [0, 0.1) is 11.7 Å². The van der Waals surface area contributed by atoms with E-state index in [-0.39, 0.29) is 17.5 Å². The van der Waals surface area contributed by atoms with Crippen molar-refractivity contribution in [3.05, 3.63) is 47.9 Å². The Bertz CT molecular complexity index is 858. The highest BCUT2D eigenvalue weighted by molar-refractivity contribution is 6.10. The second kappa shape index (κ2) is 5.24. The van der Waals surface area contributed by atoms with Crippen molar-refractivity contribution in [2.75, 3.05) is 0 Å². The fourth-order valence-corrected chi connectivity index (χ4v) is 3.66. The maximum absolute atomic E-state index is 14.2. The van der Waals surface area contributed by atoms with Gasteiger partial charge >= 0.3 is 0 Å². The van der Waals surface area contributed by atoms with Gasteiger partial charge in [-0.25, -0.2) is 4.39 Å². The van der Waals surface area contributed by atoms with Crippen LogP contribution in [0.1, 0.15) is 42.6 Å². The van der Waals surface area contributed by atoms with Crippen LogP contribution in [-0.2, 0) is 0 Å². The molecule has 112 valence electrons. The second-order valence-electron chi connectivity index (χ2n) is 6.25. The molecule has 2 aromatic carbocycles. The number of rotatable bonds is 2. The summed E-state index contributed by atoms with van der Waals surface area (Å²) in [5.74, 6) is 0.0555. The second-order valence-corrected chi connectivity index (χ2v) is 6.25. The first kappa shape index (κ1) is 13.5. The summed E-state index contributed by atoms with van der Waals surface area (Å²) in [6.07, 6.45) is 5.45. The minimum absolute atomic E-state index is 0.123. The molecule has 2 nitrogen and oxygen atoms in total. The fourth-order valence-electron chi connectivity index (χ4n) is 3.66. The van der Waals surface area contributed by atoms with Gasteiger partial charge in [-0.2, -0.15) is 0 Å². The third kappa shape index (κ3) is 2.12. The molecule has 22 heavy (non-hydrogen) atoms. The van der Waals surface area contributed by atoms with Crippen LogP contribution in [0.3, 0.4) is 0 Å². The average Bonchev–Trinajstić information content (AvgIpc) is 2.99. The van der Waals surface area contributed by atoms with Gasteiger partial charge in [0.05, 0.1) is 5.69 Å². The number of ketones is 1. The quantitative estimate of drug-likeness (QED) is 0.646. The standard InChI is InChI=1S/C19H18FNO/c20-16-11-17-15(13-8-4-5-9-14(13)16)10-18(21-17)19(22)12-6-2-1-3-7-12/h4-5,8-12,21H,1-3,6-7H2. The van der Waals surface area contributed by atoms with Crippen molar-refractivity contribution in [3.63, 3.8) is 0 Å². The number of hydrogen-bond donors (Lipinski definition) is 1. The molecule has 4 rings (SSSR count). The lowest BCUT2D eigenvalue weighted by Crippen LogP contribution is -2.18. The Hall–Kier alpha value is -2.16. The smallest absolute Gasteiger partial charge is 0.182 e. The zero-order chi connectivity index (χ0) is 15.1. The van der Waals surface area contributed by atoms with Crippen molar-refractivity contribution in [2.45, 2.75) is 32.1 Å². The predicted octanol–water partition coefficient (Wildman–Crippen LogP) is 5.22. The molecule has 0 bridgehead atoms. The molecule has 1 saturated carbocycles. The summed E-state index contributed by atoms with van der Waals surface area (Å²) in [5, 5.41) is 2.39. The molecular formula is C19H18FNO. The number of Topliss-reactive ketones (excluding diaryl/α,β-unsaturated/α-hetero) is 1. The SMILES string of the molecule is O=C(c1cc2c(cc(F)c3ccccc32)[nH]1)C1CCCCC1. The van der Waals surface area contributed by atoms with Crippen molar-refractivity contribution in [3.8, 4) is 0 Å². The monoisotopic (exact) mass is 295 g/mol. The Kier molecular flexibility index (Phi) is 3.21. The maximum atomic E-state index is 14.2. The number of nitrogens with one attached hydrogen (secondary N) is 1. The first-order chi connectivity index (χ1) is 10.7. The highest BCUT2D eigenvalue weighted by Crippen LogP contribution is 2.31. The number of aromatic nitrogens is 1. The van der Waals surface area contributed by atoms with Gasteiger partial charge < -0.3 is 4.98 Å². The van der Waals surface area contributed by atoms with Crippen molar-refractivity contribution >= 4 is 27.5 Å². The summed E-state index contributed by atoms with van der Waals surface area (Å²) in [5.41, 5.74) is 1.33.